The van der Waals surface area contributed by atoms with Crippen LogP contribution in [0.4, 0.5) is 0 Å². The van der Waals surface area contributed by atoms with E-state index in [1.807, 2.05) is 0 Å². The van der Waals surface area contributed by atoms with Gasteiger partial charge in [0.25, 0.3) is 0 Å². The molecule has 0 saturated heterocycles. The van der Waals surface area contributed by atoms with Crippen molar-refractivity contribution in [1.82, 2.24) is 4.98 Å². The van der Waals surface area contributed by atoms with Crippen LogP contribution < -0.4 is 10.6 Å². The first kappa shape index (κ1) is 10.9. The van der Waals surface area contributed by atoms with Crippen molar-refractivity contribution < 1.29 is 9.90 Å². The van der Waals surface area contributed by atoms with Crippen LogP contribution >= 0.6 is 0 Å². The molecule has 0 spiro atoms. The second-order valence-corrected chi connectivity index (χ2v) is 2.92. The smallest absolute Gasteiger partial charge is 0.354 e. The van der Waals surface area contributed by atoms with Crippen LogP contribution in [0.1, 0.15) is 10.5 Å². The number of carboxylic acids is 1. The van der Waals surface area contributed by atoms with E-state index in [0.717, 1.165) is 0 Å². The molecule has 3 heteroatoms. The Balaban J connectivity index is 3.57. The maximum atomic E-state index is 10.8. The first-order valence-electron chi connectivity index (χ1n) is 4.32. The van der Waals surface area contributed by atoms with Crippen molar-refractivity contribution in [3.63, 3.8) is 0 Å². The number of carboxylic acid groups (broad SMARTS) is 1. The zero-order valence-corrected chi connectivity index (χ0v) is 8.18. The van der Waals surface area contributed by atoms with Gasteiger partial charge in [-0.1, -0.05) is 37.4 Å². The Morgan fingerprint density at radius 2 is 1.80 bits per heavy atom. The predicted molar refractivity (Wildman–Crippen MR) is 59.1 cm³/mol. The van der Waals surface area contributed by atoms with Crippen LogP contribution in [0.2, 0.25) is 0 Å². The minimum atomic E-state index is -1.09. The summed E-state index contributed by atoms with van der Waals surface area (Å²) in [6.45, 7) is 7.33. The van der Waals surface area contributed by atoms with E-state index in [0.29, 0.717) is 10.6 Å². The van der Waals surface area contributed by atoms with E-state index < -0.39 is 5.97 Å². The molecule has 3 nitrogen and oxygen atoms in total. The van der Waals surface area contributed by atoms with Gasteiger partial charge in [-0.25, -0.2) is 9.78 Å². The van der Waals surface area contributed by atoms with Crippen molar-refractivity contribution in [2.75, 3.05) is 0 Å². The molecular weight excluding hydrogens is 190 g/mol. The number of carbonyl (C=O) groups is 1. The molecule has 0 bridgehead atoms. The number of aromatic carboxylic acids is 1. The van der Waals surface area contributed by atoms with E-state index in [4.69, 9.17) is 5.11 Å². The van der Waals surface area contributed by atoms with Crippen LogP contribution in [0, 0.1) is 0 Å². The minimum Gasteiger partial charge on any atom is -0.477 e. The zero-order chi connectivity index (χ0) is 11.3. The number of hydrogen-bond donors (Lipinski definition) is 1. The summed E-state index contributed by atoms with van der Waals surface area (Å²) in [7, 11) is 0. The highest BCUT2D eigenvalue weighted by Crippen LogP contribution is 1.84. The Hall–Kier alpha value is -2.16. The van der Waals surface area contributed by atoms with E-state index >= 15 is 0 Å². The molecule has 0 atom stereocenters. The third-order valence-corrected chi connectivity index (χ3v) is 1.65. The van der Waals surface area contributed by atoms with Crippen LogP contribution in [0.3, 0.4) is 0 Å². The topological polar surface area (TPSA) is 50.2 Å². The van der Waals surface area contributed by atoms with Gasteiger partial charge in [-0.15, -0.1) is 0 Å². The van der Waals surface area contributed by atoms with E-state index in [1.165, 1.54) is 6.07 Å². The fourth-order valence-corrected chi connectivity index (χ4v) is 0.936. The van der Waals surface area contributed by atoms with Crippen molar-refractivity contribution in [1.29, 1.82) is 0 Å². The standard InChI is InChI=1S/C12H11NO2/c1-9-5-3-4-6-10(2)13-11(8-7-9)12(14)15/h3-8H,1-2H2,(H,14,15). The summed E-state index contributed by atoms with van der Waals surface area (Å²) in [5, 5.41) is 9.93. The molecule has 1 N–H and O–H groups in total. The van der Waals surface area contributed by atoms with Gasteiger partial charge in [0.2, 0.25) is 0 Å². The highest BCUT2D eigenvalue weighted by molar-refractivity contribution is 5.84. The fraction of sp³-hybridized carbons (Fsp3) is 0. The van der Waals surface area contributed by atoms with E-state index in [9.17, 15) is 4.79 Å². The SMILES string of the molecule is C=c1ccccc(=C)nc(C(=O)O)cc1. The Labute approximate surface area is 87.4 Å². The summed E-state index contributed by atoms with van der Waals surface area (Å²) in [6, 6.07) is 9.92. The van der Waals surface area contributed by atoms with Gasteiger partial charge in [0.15, 0.2) is 0 Å². The van der Waals surface area contributed by atoms with Crippen LogP contribution in [0.25, 0.3) is 13.2 Å². The number of nitrogens with zero attached hydrogens (tertiary/aromatic N) is 1. The highest BCUT2D eigenvalue weighted by Gasteiger charge is 1.98. The van der Waals surface area contributed by atoms with Crippen LogP contribution in [0.5, 0.6) is 0 Å². The van der Waals surface area contributed by atoms with Crippen LogP contribution in [-0.4, -0.2) is 16.1 Å². The molecule has 1 aromatic rings. The van der Waals surface area contributed by atoms with Gasteiger partial charge < -0.3 is 5.11 Å². The van der Waals surface area contributed by atoms with Gasteiger partial charge in [0.1, 0.15) is 5.69 Å². The first-order chi connectivity index (χ1) is 7.09. The van der Waals surface area contributed by atoms with E-state index in [2.05, 4.69) is 18.1 Å². The lowest BCUT2D eigenvalue weighted by Crippen LogP contribution is -2.08. The summed E-state index contributed by atoms with van der Waals surface area (Å²) >= 11 is 0. The van der Waals surface area contributed by atoms with Gasteiger partial charge in [-0.3, -0.25) is 0 Å². The summed E-state index contributed by atoms with van der Waals surface area (Å²) in [4.78, 5) is 14.6. The molecule has 1 rings (SSSR count). The van der Waals surface area contributed by atoms with Gasteiger partial charge in [-0.05, 0) is 17.4 Å². The highest BCUT2D eigenvalue weighted by atomic mass is 16.4. The molecule has 0 radical (unpaired) electrons. The molecule has 0 aliphatic heterocycles. The second kappa shape index (κ2) is 4.91. The molecule has 15 heavy (non-hydrogen) atoms. The molecule has 0 amide bonds. The Kier molecular flexibility index (Phi) is 3.57. The Morgan fingerprint density at radius 1 is 1.13 bits per heavy atom. The summed E-state index contributed by atoms with van der Waals surface area (Å²) in [6.07, 6.45) is 0. The third-order valence-electron chi connectivity index (χ3n) is 1.65. The second-order valence-electron chi connectivity index (χ2n) is 2.92. The normalized spacial score (nSPS) is 9.07. The Morgan fingerprint density at radius 3 is 2.47 bits per heavy atom. The quantitative estimate of drug-likeness (QED) is 0.728. The Bertz CT molecular complexity index is 522. The average molecular weight is 201 g/mol. The molecule has 0 saturated carbocycles. The summed E-state index contributed by atoms with van der Waals surface area (Å²) < 4.78 is 0. The lowest BCUT2D eigenvalue weighted by Gasteiger charge is -1.87. The molecule has 0 unspecified atom stereocenters. The third kappa shape index (κ3) is 3.60. The van der Waals surface area contributed by atoms with Crippen molar-refractivity contribution in [3.8, 4) is 0 Å². The molecule has 76 valence electrons. The van der Waals surface area contributed by atoms with Gasteiger partial charge in [0.05, 0.1) is 5.35 Å². The molecule has 1 aromatic heterocycles. The number of rotatable bonds is 1. The largest absolute Gasteiger partial charge is 0.477 e. The molecule has 0 aromatic carbocycles. The minimum absolute atomic E-state index is 0.0545. The van der Waals surface area contributed by atoms with Crippen molar-refractivity contribution >= 4 is 19.1 Å². The monoisotopic (exact) mass is 201 g/mol. The summed E-state index contributed by atoms with van der Waals surface area (Å²) in [5.74, 6) is -1.09. The first-order valence-corrected chi connectivity index (χ1v) is 4.32. The summed E-state index contributed by atoms with van der Waals surface area (Å²) in [5.41, 5.74) is -0.0545. The fourth-order valence-electron chi connectivity index (χ4n) is 0.936. The lowest BCUT2D eigenvalue weighted by molar-refractivity contribution is 0.0690. The number of aromatic nitrogens is 1. The van der Waals surface area contributed by atoms with Gasteiger partial charge in [-0.2, -0.15) is 0 Å². The number of hydrogen-bond acceptors (Lipinski definition) is 2. The van der Waals surface area contributed by atoms with Crippen molar-refractivity contribution in [2.45, 2.75) is 0 Å². The molecule has 0 aliphatic carbocycles. The molecule has 0 fully saturated rings. The van der Waals surface area contributed by atoms with Crippen LogP contribution in [-0.2, 0) is 0 Å². The van der Waals surface area contributed by atoms with Gasteiger partial charge in [0, 0.05) is 0 Å². The molecule has 1 heterocycles. The maximum Gasteiger partial charge on any atom is 0.354 e. The predicted octanol–water partition coefficient (Wildman–Crippen LogP) is 0.725. The van der Waals surface area contributed by atoms with E-state index in [1.54, 1.807) is 30.3 Å². The van der Waals surface area contributed by atoms with Gasteiger partial charge >= 0.3 is 5.97 Å². The maximum absolute atomic E-state index is 10.8. The molecule has 0 aliphatic rings. The van der Waals surface area contributed by atoms with Crippen molar-refractivity contribution in [2.24, 2.45) is 0 Å². The molecular formula is C12H11NO2. The van der Waals surface area contributed by atoms with E-state index in [-0.39, 0.29) is 5.69 Å². The average Bonchev–Trinajstić information content (AvgIpc) is 2.18. The zero-order valence-electron chi connectivity index (χ0n) is 8.18. The van der Waals surface area contributed by atoms with Crippen molar-refractivity contribution in [3.05, 3.63) is 52.7 Å². The van der Waals surface area contributed by atoms with Crippen LogP contribution in [0.15, 0.2) is 36.4 Å². The lowest BCUT2D eigenvalue weighted by atomic mass is 10.3.